The van der Waals surface area contributed by atoms with Crippen LogP contribution >= 0.6 is 39.1 Å². The van der Waals surface area contributed by atoms with E-state index in [2.05, 4.69) is 170 Å². The van der Waals surface area contributed by atoms with Crippen molar-refractivity contribution >= 4 is 100 Å². The van der Waals surface area contributed by atoms with Gasteiger partial charge in [0.25, 0.3) is 0 Å². The summed E-state index contributed by atoms with van der Waals surface area (Å²) < 4.78 is 1.10. The Kier molecular flexibility index (Phi) is 17.6. The third-order valence-electron chi connectivity index (χ3n) is 10.9. The smallest absolute Gasteiger partial charge is 0.0635 e. The number of benzene rings is 10. The molecule has 10 aromatic carbocycles. The molecule has 0 aliphatic carbocycles. The predicted octanol–water partition coefficient (Wildman–Crippen LogP) is 18.4. The second-order valence-corrected chi connectivity index (χ2v) is 16.7. The van der Waals surface area contributed by atoms with Crippen molar-refractivity contribution in [2.45, 2.75) is 26.7 Å². The first-order chi connectivity index (χ1) is 31.2. The van der Waals surface area contributed by atoms with Crippen molar-refractivity contribution in [3.63, 3.8) is 0 Å². The van der Waals surface area contributed by atoms with Gasteiger partial charge < -0.3 is 5.73 Å². The van der Waals surface area contributed by atoms with E-state index in [0.29, 0.717) is 10.7 Å². The predicted molar refractivity (Wildman–Crippen MR) is 288 cm³/mol. The van der Waals surface area contributed by atoms with Gasteiger partial charge in [0, 0.05) is 9.50 Å². The number of hydrogen-bond acceptors (Lipinski definition) is 1. The van der Waals surface area contributed by atoms with Crippen molar-refractivity contribution in [1.82, 2.24) is 0 Å². The summed E-state index contributed by atoms with van der Waals surface area (Å²) in [7, 11) is 0. The van der Waals surface area contributed by atoms with E-state index in [9.17, 15) is 0 Å². The molecule has 0 fully saturated rings. The summed E-state index contributed by atoms with van der Waals surface area (Å²) in [5, 5.41) is 12.3. The third kappa shape index (κ3) is 12.4. The van der Waals surface area contributed by atoms with Crippen molar-refractivity contribution in [1.29, 1.82) is 0 Å². The molecule has 0 saturated carbocycles. The molecule has 0 aromatic heterocycles. The van der Waals surface area contributed by atoms with Gasteiger partial charge in [0.2, 0.25) is 0 Å². The summed E-state index contributed by atoms with van der Waals surface area (Å²) >= 11 is 15.1. The molecule has 0 aliphatic rings. The van der Waals surface area contributed by atoms with E-state index in [-0.39, 0.29) is 0 Å². The Morgan fingerprint density at radius 1 is 0.469 bits per heavy atom. The fraction of sp³-hybridized carbons (Fsp3) is 0.0667. The lowest BCUT2D eigenvalue weighted by Gasteiger charge is -2.09. The highest BCUT2D eigenvalue weighted by molar-refractivity contribution is 9.10. The Bertz CT molecular complexity index is 3000. The van der Waals surface area contributed by atoms with Crippen LogP contribution in [-0.4, -0.2) is 0 Å². The van der Waals surface area contributed by atoms with Crippen molar-refractivity contribution in [2.24, 2.45) is 0 Å². The zero-order valence-corrected chi connectivity index (χ0v) is 39.4. The highest BCUT2D eigenvalue weighted by Crippen LogP contribution is 2.30. The maximum Gasteiger partial charge on any atom is 0.0635 e. The van der Waals surface area contributed by atoms with Gasteiger partial charge in [-0.05, 0) is 133 Å². The van der Waals surface area contributed by atoms with E-state index < -0.39 is 0 Å². The molecule has 0 heterocycles. The lowest BCUT2D eigenvalue weighted by molar-refractivity contribution is 1.18. The summed E-state index contributed by atoms with van der Waals surface area (Å²) in [6, 6.07) is 70.3. The van der Waals surface area contributed by atoms with Crippen molar-refractivity contribution in [3.8, 4) is 0 Å². The van der Waals surface area contributed by atoms with Crippen LogP contribution in [0, 0.1) is 6.92 Å². The first kappa shape index (κ1) is 47.1. The van der Waals surface area contributed by atoms with E-state index in [1.807, 2.05) is 78.9 Å². The zero-order valence-electron chi connectivity index (χ0n) is 36.3. The third-order valence-corrected chi connectivity index (χ3v) is 12.4. The fourth-order valence-electron chi connectivity index (χ4n) is 7.59. The van der Waals surface area contributed by atoms with E-state index in [4.69, 9.17) is 28.9 Å². The Hall–Kier alpha value is -6.42. The lowest BCUT2D eigenvalue weighted by atomic mass is 9.95. The van der Waals surface area contributed by atoms with E-state index >= 15 is 0 Å². The molecule has 1 nitrogen and oxygen atoms in total. The molecule has 0 radical (unpaired) electrons. The van der Waals surface area contributed by atoms with Gasteiger partial charge in [0.15, 0.2) is 0 Å². The van der Waals surface area contributed by atoms with E-state index in [0.717, 1.165) is 33.5 Å². The molecule has 0 amide bonds. The summed E-state index contributed by atoms with van der Waals surface area (Å²) in [5.41, 5.74) is 13.6. The van der Waals surface area contributed by atoms with E-state index in [1.54, 1.807) is 12.1 Å². The molecule has 64 heavy (non-hydrogen) atoms. The summed E-state index contributed by atoms with van der Waals surface area (Å²) in [6.45, 7) is 11.9. The number of hydrogen-bond donors (Lipinski definition) is 1. The van der Waals surface area contributed by atoms with Crippen molar-refractivity contribution in [3.05, 3.63) is 267 Å². The van der Waals surface area contributed by atoms with Gasteiger partial charge in [-0.3, -0.25) is 0 Å². The minimum atomic E-state index is 0.618. The van der Waals surface area contributed by atoms with Gasteiger partial charge in [-0.1, -0.05) is 241 Å². The largest absolute Gasteiger partial charge is 0.398 e. The molecule has 2 N–H and O–H groups in total. The lowest BCUT2D eigenvalue weighted by Crippen LogP contribution is -1.92. The van der Waals surface area contributed by atoms with Crippen LogP contribution in [0.2, 0.25) is 10.0 Å². The van der Waals surface area contributed by atoms with Crippen molar-refractivity contribution in [2.75, 3.05) is 5.73 Å². The highest BCUT2D eigenvalue weighted by Gasteiger charge is 2.06. The van der Waals surface area contributed by atoms with Gasteiger partial charge in [-0.15, -0.1) is 0 Å². The number of halogens is 3. The van der Waals surface area contributed by atoms with Crippen molar-refractivity contribution < 1.29 is 0 Å². The van der Waals surface area contributed by atoms with Crippen LogP contribution in [-0.2, 0) is 12.8 Å². The van der Waals surface area contributed by atoms with Gasteiger partial charge in [0.1, 0.15) is 0 Å². The summed E-state index contributed by atoms with van der Waals surface area (Å²) in [5.74, 6) is 0. The number of rotatable bonds is 5. The van der Waals surface area contributed by atoms with Crippen LogP contribution in [0.3, 0.4) is 0 Å². The molecule has 0 atom stereocenters. The second-order valence-electron chi connectivity index (χ2n) is 15.0. The average Bonchev–Trinajstić information content (AvgIpc) is 3.34. The van der Waals surface area contributed by atoms with Crippen LogP contribution in [0.15, 0.2) is 224 Å². The first-order valence-electron chi connectivity index (χ1n) is 21.3. The Morgan fingerprint density at radius 2 is 0.859 bits per heavy atom. The minimum Gasteiger partial charge on any atom is -0.398 e. The van der Waals surface area contributed by atoms with Crippen LogP contribution in [0.1, 0.15) is 40.3 Å². The summed E-state index contributed by atoms with van der Waals surface area (Å²) in [6.07, 6.45) is 5.64. The van der Waals surface area contributed by atoms with E-state index in [1.165, 1.54) is 65.3 Å². The number of para-hydroxylation sites is 1. The van der Waals surface area contributed by atoms with Gasteiger partial charge in [-0.2, -0.15) is 0 Å². The zero-order chi connectivity index (χ0) is 45.3. The molecule has 10 rings (SSSR count). The monoisotopic (exact) mass is 935 g/mol. The second kappa shape index (κ2) is 23.9. The normalized spacial score (nSPS) is 10.3. The molecule has 318 valence electrons. The van der Waals surface area contributed by atoms with Gasteiger partial charge >= 0.3 is 0 Å². The standard InChI is InChI=1S/C16H14.C15H13Cl.C15H12.C8H7Br.C6H6ClN/c1-2-14-15-9-5-3-7-12(15)11-13-8-4-6-10-16(13)14;1-2-12-7-3-4-8-13(12)11-14-9-5-6-10-15(14)16;1-11-14-8-4-2-6-12(14)10-13-7-3-5-9-15(11)13;1-2-7-5-3-4-6-8(7)9;7-5-3-1-2-4-6(5)8/h3-11H,2H2,1H3;2-10H,1,11H2;2-10H,1H3;2-6H,1H2;1-4H,8H2. The Labute approximate surface area is 397 Å². The number of aryl methyl sites for hydroxylation is 2. The quantitative estimate of drug-likeness (QED) is 0.135. The molecular formula is C60H52BrCl2N. The molecular weight excluding hydrogens is 885 g/mol. The molecule has 0 aliphatic heterocycles. The van der Waals surface area contributed by atoms with Gasteiger partial charge in [-0.25, -0.2) is 0 Å². The van der Waals surface area contributed by atoms with Crippen LogP contribution in [0.4, 0.5) is 5.69 Å². The Balaban J connectivity index is 0.000000136. The number of nitrogens with two attached hydrogens (primary N) is 1. The van der Waals surface area contributed by atoms with Crippen LogP contribution < -0.4 is 5.73 Å². The highest BCUT2D eigenvalue weighted by atomic mass is 79.9. The molecule has 0 saturated heterocycles. The minimum absolute atomic E-state index is 0.618. The molecule has 0 bridgehead atoms. The first-order valence-corrected chi connectivity index (χ1v) is 22.8. The summed E-state index contributed by atoms with van der Waals surface area (Å²) in [4.78, 5) is 0. The number of anilines is 1. The fourth-order valence-corrected chi connectivity index (χ4v) is 8.37. The number of fused-ring (bicyclic) bond motifs is 4. The Morgan fingerprint density at radius 3 is 1.30 bits per heavy atom. The molecule has 0 unspecified atom stereocenters. The average molecular weight is 938 g/mol. The maximum absolute atomic E-state index is 6.14. The van der Waals surface area contributed by atoms with Crippen LogP contribution in [0.5, 0.6) is 0 Å². The SMILES string of the molecule is C=Cc1ccccc1Br.C=Cc1ccccc1Cc1ccccc1Cl.CCc1c2ccccc2cc2ccccc12.Cc1c2ccccc2cc2ccccc12.Nc1ccccc1Cl. The van der Waals surface area contributed by atoms with Gasteiger partial charge in [0.05, 0.1) is 10.7 Å². The molecule has 4 heteroatoms. The molecule has 0 spiro atoms. The van der Waals surface area contributed by atoms with Crippen LogP contribution in [0.25, 0.3) is 55.2 Å². The maximum atomic E-state index is 6.14. The topological polar surface area (TPSA) is 26.0 Å². The number of nitrogen functional groups attached to an aromatic ring is 1. The molecule has 10 aromatic rings.